The second-order valence-corrected chi connectivity index (χ2v) is 2.63. The van der Waals surface area contributed by atoms with Crippen molar-refractivity contribution in [2.75, 3.05) is 0 Å². The molecule has 0 radical (unpaired) electrons. The molecule has 36 valence electrons. The highest BCUT2D eigenvalue weighted by atomic mass is 35.5. The zero-order valence-corrected chi connectivity index (χ0v) is 4.70. The van der Waals surface area contributed by atoms with Crippen molar-refractivity contribution in [2.24, 2.45) is 5.92 Å². The first-order chi connectivity index (χ1) is 2.80. The SMILES string of the molecule is C[C@@H]1CC[C@H]1Cl. The molecule has 0 aromatic heterocycles. The summed E-state index contributed by atoms with van der Waals surface area (Å²) >= 11 is 5.70. The van der Waals surface area contributed by atoms with E-state index in [0.29, 0.717) is 5.38 Å². The third kappa shape index (κ3) is 0.538. The van der Waals surface area contributed by atoms with Gasteiger partial charge in [-0.05, 0) is 18.8 Å². The monoisotopic (exact) mass is 104 g/mol. The van der Waals surface area contributed by atoms with Gasteiger partial charge in [0.1, 0.15) is 0 Å². The van der Waals surface area contributed by atoms with Crippen LogP contribution in [0.2, 0.25) is 0 Å². The third-order valence-corrected chi connectivity index (χ3v) is 2.16. The van der Waals surface area contributed by atoms with E-state index in [4.69, 9.17) is 11.6 Å². The Morgan fingerprint density at radius 2 is 2.00 bits per heavy atom. The van der Waals surface area contributed by atoms with Crippen LogP contribution in [-0.2, 0) is 0 Å². The van der Waals surface area contributed by atoms with Crippen LogP contribution < -0.4 is 0 Å². The van der Waals surface area contributed by atoms with E-state index in [9.17, 15) is 0 Å². The molecule has 2 atom stereocenters. The largest absolute Gasteiger partial charge is 0.123 e. The maximum absolute atomic E-state index is 5.70. The van der Waals surface area contributed by atoms with E-state index in [1.54, 1.807) is 0 Å². The molecule has 1 heteroatoms. The average Bonchev–Trinajstić information content (AvgIpc) is 1.61. The van der Waals surface area contributed by atoms with Gasteiger partial charge in [-0.25, -0.2) is 0 Å². The van der Waals surface area contributed by atoms with Crippen molar-refractivity contribution < 1.29 is 0 Å². The molecule has 0 bridgehead atoms. The fraction of sp³-hybridized carbons (Fsp3) is 1.00. The topological polar surface area (TPSA) is 0 Å². The molecule has 1 rings (SSSR count). The minimum absolute atomic E-state index is 0.505. The number of rotatable bonds is 0. The third-order valence-electron chi connectivity index (χ3n) is 1.52. The van der Waals surface area contributed by atoms with Crippen LogP contribution in [-0.4, -0.2) is 5.38 Å². The van der Waals surface area contributed by atoms with Crippen LogP contribution in [0.3, 0.4) is 0 Å². The summed E-state index contributed by atoms with van der Waals surface area (Å²) < 4.78 is 0. The maximum Gasteiger partial charge on any atom is 0.0361 e. The highest BCUT2D eigenvalue weighted by molar-refractivity contribution is 6.21. The molecule has 0 nitrogen and oxygen atoms in total. The highest BCUT2D eigenvalue weighted by Gasteiger charge is 2.23. The van der Waals surface area contributed by atoms with E-state index < -0.39 is 0 Å². The molecule has 0 N–H and O–H groups in total. The summed E-state index contributed by atoms with van der Waals surface area (Å²) in [7, 11) is 0. The minimum Gasteiger partial charge on any atom is -0.123 e. The van der Waals surface area contributed by atoms with Crippen molar-refractivity contribution in [3.8, 4) is 0 Å². The van der Waals surface area contributed by atoms with Crippen LogP contribution in [0.25, 0.3) is 0 Å². The maximum atomic E-state index is 5.70. The summed E-state index contributed by atoms with van der Waals surface area (Å²) in [5.41, 5.74) is 0. The van der Waals surface area contributed by atoms with Gasteiger partial charge >= 0.3 is 0 Å². The first kappa shape index (κ1) is 4.45. The molecule has 0 unspecified atom stereocenters. The van der Waals surface area contributed by atoms with Gasteiger partial charge < -0.3 is 0 Å². The van der Waals surface area contributed by atoms with Crippen molar-refractivity contribution >= 4 is 11.6 Å². The minimum atomic E-state index is 0.505. The summed E-state index contributed by atoms with van der Waals surface area (Å²) in [6, 6.07) is 0. The summed E-state index contributed by atoms with van der Waals surface area (Å²) in [5, 5.41) is 0.505. The molecule has 0 saturated heterocycles. The van der Waals surface area contributed by atoms with Gasteiger partial charge in [-0.3, -0.25) is 0 Å². The van der Waals surface area contributed by atoms with Gasteiger partial charge in [0.2, 0.25) is 0 Å². The smallest absolute Gasteiger partial charge is 0.0361 e. The van der Waals surface area contributed by atoms with Crippen LogP contribution in [0.1, 0.15) is 19.8 Å². The van der Waals surface area contributed by atoms with E-state index in [1.165, 1.54) is 12.8 Å². The molecule has 1 aliphatic carbocycles. The van der Waals surface area contributed by atoms with Crippen molar-refractivity contribution in [3.63, 3.8) is 0 Å². The van der Waals surface area contributed by atoms with Crippen molar-refractivity contribution in [3.05, 3.63) is 0 Å². The van der Waals surface area contributed by atoms with Gasteiger partial charge in [0, 0.05) is 5.38 Å². The van der Waals surface area contributed by atoms with Crippen molar-refractivity contribution in [1.82, 2.24) is 0 Å². The Morgan fingerprint density at radius 1 is 1.50 bits per heavy atom. The second kappa shape index (κ2) is 1.42. The van der Waals surface area contributed by atoms with Crippen molar-refractivity contribution in [1.29, 1.82) is 0 Å². The van der Waals surface area contributed by atoms with E-state index in [2.05, 4.69) is 6.92 Å². The van der Waals surface area contributed by atoms with E-state index >= 15 is 0 Å². The fourth-order valence-corrected chi connectivity index (χ4v) is 0.878. The summed E-state index contributed by atoms with van der Waals surface area (Å²) in [4.78, 5) is 0. The molecule has 0 aromatic carbocycles. The molecule has 0 aliphatic heterocycles. The normalized spacial score (nSPS) is 45.0. The van der Waals surface area contributed by atoms with E-state index in [1.807, 2.05) is 0 Å². The highest BCUT2D eigenvalue weighted by Crippen LogP contribution is 2.30. The van der Waals surface area contributed by atoms with E-state index in [-0.39, 0.29) is 0 Å². The first-order valence-electron chi connectivity index (χ1n) is 2.45. The van der Waals surface area contributed by atoms with Gasteiger partial charge in [0.15, 0.2) is 0 Å². The Labute approximate surface area is 43.5 Å². The Bertz CT molecular complexity index is 43.9. The predicted octanol–water partition coefficient (Wildman–Crippen LogP) is 2.02. The van der Waals surface area contributed by atoms with Crippen LogP contribution in [0.5, 0.6) is 0 Å². The molecule has 1 aliphatic rings. The predicted molar refractivity (Wildman–Crippen MR) is 28.0 cm³/mol. The molecule has 1 saturated carbocycles. The van der Waals surface area contributed by atoms with Gasteiger partial charge in [-0.2, -0.15) is 0 Å². The molecular weight excluding hydrogens is 95.5 g/mol. The van der Waals surface area contributed by atoms with Crippen LogP contribution >= 0.6 is 11.6 Å². The molecule has 0 spiro atoms. The average molecular weight is 105 g/mol. The molecule has 1 fully saturated rings. The van der Waals surface area contributed by atoms with Crippen LogP contribution in [0.4, 0.5) is 0 Å². The molecular formula is C5H9Cl. The number of halogens is 1. The van der Waals surface area contributed by atoms with Gasteiger partial charge in [0.05, 0.1) is 0 Å². The molecule has 0 aromatic rings. The Balaban J connectivity index is 2.20. The fourth-order valence-electron chi connectivity index (χ4n) is 0.626. The Hall–Kier alpha value is 0.290. The van der Waals surface area contributed by atoms with Crippen LogP contribution in [0, 0.1) is 5.92 Å². The zero-order chi connectivity index (χ0) is 4.57. The lowest BCUT2D eigenvalue weighted by Crippen LogP contribution is -2.22. The molecule has 6 heavy (non-hydrogen) atoms. The zero-order valence-electron chi connectivity index (χ0n) is 3.95. The lowest BCUT2D eigenvalue weighted by molar-refractivity contribution is 0.356. The first-order valence-corrected chi connectivity index (χ1v) is 2.88. The number of hydrogen-bond acceptors (Lipinski definition) is 0. The standard InChI is InChI=1S/C5H9Cl/c1-4-2-3-5(4)6/h4-5H,2-3H2,1H3/t4-,5-/m1/s1. The summed E-state index contributed by atoms with van der Waals surface area (Å²) in [5.74, 6) is 0.798. The van der Waals surface area contributed by atoms with Gasteiger partial charge in [0.25, 0.3) is 0 Å². The van der Waals surface area contributed by atoms with Crippen molar-refractivity contribution in [2.45, 2.75) is 25.1 Å². The number of hydrogen-bond donors (Lipinski definition) is 0. The number of alkyl halides is 1. The lowest BCUT2D eigenvalue weighted by atomic mass is 9.87. The second-order valence-electron chi connectivity index (χ2n) is 2.07. The lowest BCUT2D eigenvalue weighted by Gasteiger charge is -2.27. The van der Waals surface area contributed by atoms with E-state index in [0.717, 1.165) is 5.92 Å². The Kier molecular flexibility index (Phi) is 1.05. The molecule has 0 heterocycles. The van der Waals surface area contributed by atoms with Gasteiger partial charge in [-0.1, -0.05) is 6.92 Å². The van der Waals surface area contributed by atoms with Gasteiger partial charge in [-0.15, -0.1) is 11.6 Å². The molecule has 0 amide bonds. The summed E-state index contributed by atoms with van der Waals surface area (Å²) in [6.07, 6.45) is 2.58. The Morgan fingerprint density at radius 3 is 2.00 bits per heavy atom. The quantitative estimate of drug-likeness (QED) is 0.413. The summed E-state index contributed by atoms with van der Waals surface area (Å²) in [6.45, 7) is 2.20. The van der Waals surface area contributed by atoms with Crippen LogP contribution in [0.15, 0.2) is 0 Å².